The lowest BCUT2D eigenvalue weighted by Crippen LogP contribution is -2.53. The molecule has 4 amide bonds. The summed E-state index contributed by atoms with van der Waals surface area (Å²) < 4.78 is 5.24. The molecule has 2 aromatic rings. The van der Waals surface area contributed by atoms with Crippen LogP contribution in [0.15, 0.2) is 17.1 Å². The van der Waals surface area contributed by atoms with E-state index in [2.05, 4.69) is 39.8 Å². The highest BCUT2D eigenvalue weighted by Crippen LogP contribution is 2.19. The Labute approximate surface area is 232 Å². The van der Waals surface area contributed by atoms with E-state index in [4.69, 9.17) is 4.74 Å². The summed E-state index contributed by atoms with van der Waals surface area (Å²) in [7, 11) is 1.62. The molecule has 3 atom stereocenters. The Bertz CT molecular complexity index is 1000. The molecule has 0 saturated heterocycles. The lowest BCUT2D eigenvalue weighted by Gasteiger charge is -2.25. The predicted octanol–water partition coefficient (Wildman–Crippen LogP) is 3.61. The molecule has 1 unspecified atom stereocenters. The third-order valence-electron chi connectivity index (χ3n) is 5.95. The van der Waals surface area contributed by atoms with Crippen molar-refractivity contribution in [3.8, 4) is 0 Å². The lowest BCUT2D eigenvalue weighted by molar-refractivity contribution is -0.124. The van der Waals surface area contributed by atoms with Crippen molar-refractivity contribution in [2.24, 2.45) is 0 Å². The maximum absolute atomic E-state index is 12.8. The molecule has 2 heterocycles. The molecule has 0 aliphatic carbocycles. The van der Waals surface area contributed by atoms with Gasteiger partial charge in [0.1, 0.15) is 12.6 Å². The first-order valence-corrected chi connectivity index (χ1v) is 14.6. The average Bonchev–Trinajstić information content (AvgIpc) is 3.59. The molecule has 0 bridgehead atoms. The van der Waals surface area contributed by atoms with Gasteiger partial charge in [0.05, 0.1) is 34.2 Å². The zero-order valence-electron chi connectivity index (χ0n) is 22.7. The normalized spacial score (nSPS) is 13.4. The van der Waals surface area contributed by atoms with Crippen LogP contribution in [0.25, 0.3) is 0 Å². The second-order valence-corrected chi connectivity index (χ2v) is 11.2. The second-order valence-electron chi connectivity index (χ2n) is 9.36. The van der Waals surface area contributed by atoms with Crippen molar-refractivity contribution >= 4 is 40.7 Å². The van der Waals surface area contributed by atoms with Crippen LogP contribution < -0.4 is 16.0 Å². The Morgan fingerprint density at radius 1 is 1.08 bits per heavy atom. The number of carbonyl (C=O) groups excluding carboxylic acids is 3. The Morgan fingerprint density at radius 3 is 2.32 bits per heavy atom. The molecule has 11 nitrogen and oxygen atoms in total. The first kappa shape index (κ1) is 31.4. The highest BCUT2D eigenvalue weighted by Gasteiger charge is 2.24. The fourth-order valence-electron chi connectivity index (χ4n) is 3.55. The molecule has 0 aliphatic heterocycles. The van der Waals surface area contributed by atoms with Gasteiger partial charge < -0.3 is 30.7 Å². The highest BCUT2D eigenvalue weighted by atomic mass is 32.1. The van der Waals surface area contributed by atoms with Gasteiger partial charge in [-0.05, 0) is 25.7 Å². The molecule has 2 rings (SSSR count). The number of nitrogens with one attached hydrogen (secondary N) is 3. The number of rotatable bonds is 15. The van der Waals surface area contributed by atoms with E-state index < -0.39 is 30.7 Å². The van der Waals surface area contributed by atoms with Crippen molar-refractivity contribution in [2.45, 2.75) is 90.6 Å². The molecule has 0 radical (unpaired) electrons. The zero-order chi connectivity index (χ0) is 28.1. The quantitative estimate of drug-likeness (QED) is 0.257. The highest BCUT2D eigenvalue weighted by molar-refractivity contribution is 7.09. The van der Waals surface area contributed by atoms with Gasteiger partial charge >= 0.3 is 12.1 Å². The van der Waals surface area contributed by atoms with Gasteiger partial charge in [-0.15, -0.1) is 22.7 Å². The van der Waals surface area contributed by atoms with Gasteiger partial charge in [-0.2, -0.15) is 0 Å². The van der Waals surface area contributed by atoms with Crippen molar-refractivity contribution in [2.75, 3.05) is 13.7 Å². The van der Waals surface area contributed by atoms with E-state index in [0.717, 1.165) is 15.6 Å². The number of nitrogens with zero attached hydrogens (tertiary/aromatic N) is 3. The average molecular weight is 569 g/mol. The fourth-order valence-corrected chi connectivity index (χ4v) is 4.88. The molecule has 0 aromatic carbocycles. The molecule has 2 aromatic heterocycles. The number of hydrogen-bond donors (Lipinski definition) is 4. The van der Waals surface area contributed by atoms with Gasteiger partial charge in [0.2, 0.25) is 5.91 Å². The van der Waals surface area contributed by atoms with Gasteiger partial charge in [-0.3, -0.25) is 9.78 Å². The van der Waals surface area contributed by atoms with Crippen molar-refractivity contribution in [1.29, 1.82) is 0 Å². The molecule has 4 N–H and O–H groups in total. The van der Waals surface area contributed by atoms with E-state index in [9.17, 15) is 19.5 Å². The Balaban J connectivity index is 1.80. The first-order chi connectivity index (χ1) is 18.2. The minimum absolute atomic E-state index is 0.112. The smallest absolute Gasteiger partial charge is 0.407 e. The maximum atomic E-state index is 12.8. The minimum Gasteiger partial charge on any atom is -0.444 e. The van der Waals surface area contributed by atoms with E-state index in [-0.39, 0.29) is 18.7 Å². The molecule has 0 fully saturated rings. The van der Waals surface area contributed by atoms with Crippen LogP contribution in [-0.4, -0.2) is 69.8 Å². The summed E-state index contributed by atoms with van der Waals surface area (Å²) in [6, 6.07) is -1.85. The van der Waals surface area contributed by atoms with E-state index in [1.807, 2.05) is 19.2 Å². The van der Waals surface area contributed by atoms with Crippen molar-refractivity contribution < 1.29 is 24.2 Å². The van der Waals surface area contributed by atoms with Crippen LogP contribution in [0.1, 0.15) is 74.9 Å². The zero-order valence-corrected chi connectivity index (χ0v) is 24.4. The Hall–Kier alpha value is -2.77. The maximum Gasteiger partial charge on any atom is 0.407 e. The largest absolute Gasteiger partial charge is 0.444 e. The van der Waals surface area contributed by atoms with Gasteiger partial charge in [0, 0.05) is 36.6 Å². The van der Waals surface area contributed by atoms with Crippen molar-refractivity contribution in [3.05, 3.63) is 32.7 Å². The topological polar surface area (TPSA) is 146 Å². The Morgan fingerprint density at radius 2 is 1.76 bits per heavy atom. The summed E-state index contributed by atoms with van der Waals surface area (Å²) in [5, 5.41) is 21.1. The van der Waals surface area contributed by atoms with E-state index in [0.29, 0.717) is 38.1 Å². The monoisotopic (exact) mass is 568 g/mol. The number of amides is 4. The van der Waals surface area contributed by atoms with Gasteiger partial charge in [-0.25, -0.2) is 14.6 Å². The van der Waals surface area contributed by atoms with Crippen LogP contribution in [-0.2, 0) is 22.7 Å². The molecule has 0 saturated carbocycles. The third kappa shape index (κ3) is 10.5. The van der Waals surface area contributed by atoms with Gasteiger partial charge in [0.25, 0.3) is 0 Å². The summed E-state index contributed by atoms with van der Waals surface area (Å²) >= 11 is 2.97. The fraction of sp³-hybridized carbons (Fsp3) is 0.640. The van der Waals surface area contributed by atoms with E-state index in [1.165, 1.54) is 16.2 Å². The molecule has 0 spiro atoms. The SMILES string of the molecule is CCC(CC[C@@H](CC)NC(=O)OCc1cncs1)NC(=O)[C@H](CO)NC(=O)N(C)Cc1csc(C(C)C)n1. The van der Waals surface area contributed by atoms with Crippen LogP contribution in [0.4, 0.5) is 9.59 Å². The lowest BCUT2D eigenvalue weighted by atomic mass is 10.0. The molecular weight excluding hydrogens is 528 g/mol. The first-order valence-electron chi connectivity index (χ1n) is 12.8. The summed E-state index contributed by atoms with van der Waals surface area (Å²) in [4.78, 5) is 48.4. The minimum atomic E-state index is -1.08. The van der Waals surface area contributed by atoms with Crippen LogP contribution in [0.2, 0.25) is 0 Å². The molecule has 13 heteroatoms. The molecule has 0 aliphatic rings. The number of aliphatic hydroxyl groups is 1. The number of aliphatic hydroxyl groups excluding tert-OH is 1. The standard InChI is InChI=1S/C25H40N6O5S2/c1-6-17(8-9-18(7-2)29-25(35)36-13-20-10-26-15-38-20)27-22(33)21(12-32)30-24(34)31(5)11-19-14-37-23(28-19)16(3)4/h10,14-18,21,32H,6-9,11-13H2,1-5H3,(H,27,33)(H,29,35)(H,30,34)/t17?,18-,21+/m1/s1. The molecular formula is C25H40N6O5S2. The third-order valence-corrected chi connectivity index (χ3v) is 7.90. The summed E-state index contributed by atoms with van der Waals surface area (Å²) in [6.45, 7) is 7.98. The van der Waals surface area contributed by atoms with Gasteiger partial charge in [-0.1, -0.05) is 27.7 Å². The van der Waals surface area contributed by atoms with Crippen LogP contribution in [0.3, 0.4) is 0 Å². The summed E-state index contributed by atoms with van der Waals surface area (Å²) in [6.07, 6.45) is 3.78. The predicted molar refractivity (Wildman–Crippen MR) is 148 cm³/mol. The van der Waals surface area contributed by atoms with E-state index in [1.54, 1.807) is 30.1 Å². The number of ether oxygens (including phenoxy) is 1. The van der Waals surface area contributed by atoms with Crippen LogP contribution in [0.5, 0.6) is 0 Å². The number of hydrogen-bond acceptors (Lipinski definition) is 9. The number of carbonyl (C=O) groups is 3. The number of aromatic nitrogens is 2. The second kappa shape index (κ2) is 16.2. The van der Waals surface area contributed by atoms with Crippen LogP contribution >= 0.6 is 22.7 Å². The summed E-state index contributed by atoms with van der Waals surface area (Å²) in [5.74, 6) is -0.143. The molecule has 38 heavy (non-hydrogen) atoms. The number of urea groups is 1. The van der Waals surface area contributed by atoms with Crippen LogP contribution in [0, 0.1) is 0 Å². The number of thiazole rings is 2. The van der Waals surface area contributed by atoms with Gasteiger partial charge in [0.15, 0.2) is 0 Å². The molecule has 212 valence electrons. The number of alkyl carbamates (subject to hydrolysis) is 1. The Kier molecular flexibility index (Phi) is 13.4. The van der Waals surface area contributed by atoms with Crippen molar-refractivity contribution in [1.82, 2.24) is 30.8 Å². The van der Waals surface area contributed by atoms with E-state index >= 15 is 0 Å². The van der Waals surface area contributed by atoms with Crippen molar-refractivity contribution in [3.63, 3.8) is 0 Å². The summed E-state index contributed by atoms with van der Waals surface area (Å²) in [5.41, 5.74) is 2.46.